The largest absolute Gasteiger partial charge is 0.383 e. The van der Waals surface area contributed by atoms with E-state index in [1.807, 2.05) is 30.3 Å². The molecule has 6 nitrogen and oxygen atoms in total. The van der Waals surface area contributed by atoms with Crippen molar-refractivity contribution < 1.29 is 9.53 Å². The second-order valence-corrected chi connectivity index (χ2v) is 6.89. The van der Waals surface area contributed by atoms with Crippen LogP contribution in [0.5, 0.6) is 0 Å². The third-order valence-electron chi connectivity index (χ3n) is 4.45. The number of pyridine rings is 1. The van der Waals surface area contributed by atoms with Crippen molar-refractivity contribution in [2.45, 2.75) is 6.42 Å². The number of amides is 1. The number of hydrogen-bond acceptors (Lipinski definition) is 5. The van der Waals surface area contributed by atoms with Crippen LogP contribution < -0.4 is 10.6 Å². The Morgan fingerprint density at radius 2 is 2.04 bits per heavy atom. The molecule has 7 heteroatoms. The van der Waals surface area contributed by atoms with Crippen LogP contribution in [0.25, 0.3) is 0 Å². The molecule has 1 aliphatic rings. The molecule has 0 unspecified atom stereocenters. The molecule has 0 atom stereocenters. The first kappa shape index (κ1) is 19.6. The van der Waals surface area contributed by atoms with Crippen LogP contribution in [0, 0.1) is 0 Å². The molecule has 0 bridgehead atoms. The van der Waals surface area contributed by atoms with E-state index in [-0.39, 0.29) is 5.91 Å². The van der Waals surface area contributed by atoms with Crippen molar-refractivity contribution in [2.24, 2.45) is 0 Å². The van der Waals surface area contributed by atoms with Gasteiger partial charge in [0.15, 0.2) is 0 Å². The number of nitrogens with zero attached hydrogens (tertiary/aromatic N) is 2. The number of hydrogen-bond donors (Lipinski definition) is 2. The molecular weight excluding hydrogens is 364 g/mol. The van der Waals surface area contributed by atoms with Crippen LogP contribution in [0.4, 0.5) is 5.69 Å². The van der Waals surface area contributed by atoms with Crippen molar-refractivity contribution in [1.82, 2.24) is 15.2 Å². The van der Waals surface area contributed by atoms with E-state index >= 15 is 0 Å². The lowest BCUT2D eigenvalue weighted by Gasteiger charge is -2.26. The van der Waals surface area contributed by atoms with Gasteiger partial charge in [-0.25, -0.2) is 4.98 Å². The van der Waals surface area contributed by atoms with Crippen molar-refractivity contribution in [3.8, 4) is 0 Å². The molecule has 1 fully saturated rings. The number of rotatable bonds is 8. The molecule has 3 rings (SSSR count). The Balaban J connectivity index is 1.38. The zero-order valence-corrected chi connectivity index (χ0v) is 16.0. The average molecular weight is 389 g/mol. The number of carbonyl (C=O) groups excluding carboxylic acids is 1. The van der Waals surface area contributed by atoms with Crippen LogP contribution in [-0.4, -0.2) is 61.7 Å². The average Bonchev–Trinajstić information content (AvgIpc) is 2.69. The Morgan fingerprint density at radius 3 is 2.78 bits per heavy atom. The fourth-order valence-electron chi connectivity index (χ4n) is 2.92. The van der Waals surface area contributed by atoms with Crippen molar-refractivity contribution in [3.63, 3.8) is 0 Å². The lowest BCUT2D eigenvalue weighted by molar-refractivity contribution is 0.0398. The predicted molar refractivity (Wildman–Crippen MR) is 107 cm³/mol. The first-order chi connectivity index (χ1) is 13.2. The number of aromatic nitrogens is 1. The monoisotopic (exact) mass is 388 g/mol. The van der Waals surface area contributed by atoms with E-state index in [0.29, 0.717) is 17.3 Å². The minimum atomic E-state index is -0.170. The Labute approximate surface area is 164 Å². The summed E-state index contributed by atoms with van der Waals surface area (Å²) in [6.07, 6.45) is 2.43. The van der Waals surface area contributed by atoms with Crippen LogP contribution in [0.1, 0.15) is 16.1 Å². The van der Waals surface area contributed by atoms with Crippen molar-refractivity contribution in [1.29, 1.82) is 0 Å². The third kappa shape index (κ3) is 6.50. The van der Waals surface area contributed by atoms with Gasteiger partial charge in [0.25, 0.3) is 5.91 Å². The molecule has 0 saturated carbocycles. The van der Waals surface area contributed by atoms with E-state index in [0.717, 1.165) is 57.1 Å². The van der Waals surface area contributed by atoms with Crippen molar-refractivity contribution >= 4 is 23.2 Å². The number of carbonyl (C=O) groups is 1. The Kier molecular flexibility index (Phi) is 7.45. The highest BCUT2D eigenvalue weighted by molar-refractivity contribution is 6.30. The van der Waals surface area contributed by atoms with Gasteiger partial charge in [0.2, 0.25) is 0 Å². The van der Waals surface area contributed by atoms with E-state index in [9.17, 15) is 4.79 Å². The molecule has 144 valence electrons. The quantitative estimate of drug-likeness (QED) is 0.727. The van der Waals surface area contributed by atoms with Crippen LogP contribution in [0.15, 0.2) is 42.6 Å². The zero-order valence-electron chi connectivity index (χ0n) is 15.3. The van der Waals surface area contributed by atoms with E-state index in [1.165, 1.54) is 0 Å². The maximum atomic E-state index is 12.2. The molecular formula is C20H25ClN4O2. The van der Waals surface area contributed by atoms with E-state index < -0.39 is 0 Å². The molecule has 0 aliphatic carbocycles. The lowest BCUT2D eigenvalue weighted by Crippen LogP contribution is -2.39. The molecule has 0 radical (unpaired) electrons. The van der Waals surface area contributed by atoms with Crippen LogP contribution in [0.2, 0.25) is 5.02 Å². The van der Waals surface area contributed by atoms with Crippen molar-refractivity contribution in [3.05, 3.63) is 58.9 Å². The summed E-state index contributed by atoms with van der Waals surface area (Å²) >= 11 is 5.97. The number of nitrogens with one attached hydrogen (secondary N) is 2. The lowest BCUT2D eigenvalue weighted by atomic mass is 10.1. The predicted octanol–water partition coefficient (Wildman–Crippen LogP) is 2.45. The van der Waals surface area contributed by atoms with Gasteiger partial charge < -0.3 is 15.4 Å². The Morgan fingerprint density at radius 1 is 1.19 bits per heavy atom. The van der Waals surface area contributed by atoms with Gasteiger partial charge in [0, 0.05) is 37.7 Å². The summed E-state index contributed by atoms with van der Waals surface area (Å²) in [7, 11) is 0. The maximum absolute atomic E-state index is 12.2. The number of morpholine rings is 1. The van der Waals surface area contributed by atoms with Gasteiger partial charge in [-0.3, -0.25) is 9.69 Å². The normalized spacial score (nSPS) is 14.7. The Bertz CT molecular complexity index is 733. The number of ether oxygens (including phenoxy) is 1. The molecule has 27 heavy (non-hydrogen) atoms. The summed E-state index contributed by atoms with van der Waals surface area (Å²) in [4.78, 5) is 18.8. The van der Waals surface area contributed by atoms with Gasteiger partial charge in [-0.2, -0.15) is 0 Å². The summed E-state index contributed by atoms with van der Waals surface area (Å²) in [6, 6.07) is 11.3. The summed E-state index contributed by atoms with van der Waals surface area (Å²) in [5.74, 6) is -0.170. The molecule has 2 N–H and O–H groups in total. The smallest absolute Gasteiger partial charge is 0.269 e. The van der Waals surface area contributed by atoms with E-state index in [4.69, 9.17) is 16.3 Å². The van der Waals surface area contributed by atoms with Crippen molar-refractivity contribution in [2.75, 3.05) is 51.3 Å². The second-order valence-electron chi connectivity index (χ2n) is 6.45. The first-order valence-electron chi connectivity index (χ1n) is 9.23. The molecule has 1 aliphatic heterocycles. The maximum Gasteiger partial charge on any atom is 0.269 e. The highest BCUT2D eigenvalue weighted by atomic mass is 35.5. The number of anilines is 1. The highest BCUT2D eigenvalue weighted by Crippen LogP contribution is 2.11. The van der Waals surface area contributed by atoms with Gasteiger partial charge in [0.05, 0.1) is 25.1 Å². The molecule has 0 spiro atoms. The van der Waals surface area contributed by atoms with Gasteiger partial charge in [0.1, 0.15) is 5.69 Å². The molecule has 1 amide bonds. The minimum Gasteiger partial charge on any atom is -0.383 e. The fourth-order valence-corrected chi connectivity index (χ4v) is 3.13. The first-order valence-corrected chi connectivity index (χ1v) is 9.61. The topological polar surface area (TPSA) is 66.5 Å². The van der Waals surface area contributed by atoms with E-state index in [1.54, 1.807) is 12.3 Å². The number of benzene rings is 1. The van der Waals surface area contributed by atoms with Crippen LogP contribution in [0.3, 0.4) is 0 Å². The molecule has 2 aromatic rings. The van der Waals surface area contributed by atoms with Gasteiger partial charge >= 0.3 is 0 Å². The summed E-state index contributed by atoms with van der Waals surface area (Å²) in [5.41, 5.74) is 2.43. The SMILES string of the molecule is O=C(NCCc1cccc(Cl)c1)c1ccc(NCCN2CCOCC2)cn1. The highest BCUT2D eigenvalue weighted by Gasteiger charge is 2.10. The van der Waals surface area contributed by atoms with Gasteiger partial charge in [-0.1, -0.05) is 23.7 Å². The standard InChI is InChI=1S/C20H25ClN4O2/c21-17-3-1-2-16(14-17)6-7-23-20(26)19-5-4-18(15-24-19)22-8-9-25-10-12-27-13-11-25/h1-5,14-15,22H,6-13H2,(H,23,26). The number of halogens is 1. The fraction of sp³-hybridized carbons (Fsp3) is 0.400. The summed E-state index contributed by atoms with van der Waals surface area (Å²) < 4.78 is 5.34. The van der Waals surface area contributed by atoms with Gasteiger partial charge in [-0.15, -0.1) is 0 Å². The molecule has 1 aromatic heterocycles. The molecule has 1 aromatic carbocycles. The summed E-state index contributed by atoms with van der Waals surface area (Å²) in [5, 5.41) is 6.93. The van der Waals surface area contributed by atoms with Crippen LogP contribution in [-0.2, 0) is 11.2 Å². The van der Waals surface area contributed by atoms with Crippen LogP contribution >= 0.6 is 11.6 Å². The van der Waals surface area contributed by atoms with E-state index in [2.05, 4.69) is 20.5 Å². The van der Waals surface area contributed by atoms with Gasteiger partial charge in [-0.05, 0) is 36.2 Å². The molecule has 2 heterocycles. The second kappa shape index (κ2) is 10.3. The third-order valence-corrected chi connectivity index (χ3v) is 4.68. The summed E-state index contributed by atoms with van der Waals surface area (Å²) in [6.45, 7) is 5.93. The Hall–Kier alpha value is -2.15. The molecule has 1 saturated heterocycles. The minimum absolute atomic E-state index is 0.170. The zero-order chi connectivity index (χ0) is 18.9.